The molecule has 132 valence electrons. The molecule has 0 amide bonds. The van der Waals surface area contributed by atoms with Gasteiger partial charge in [-0.15, -0.1) is 0 Å². The number of rotatable bonds is 2. The van der Waals surface area contributed by atoms with E-state index < -0.39 is 29.0 Å². The van der Waals surface area contributed by atoms with Crippen LogP contribution in [-0.4, -0.2) is 33.0 Å². The van der Waals surface area contributed by atoms with Crippen molar-refractivity contribution < 1.29 is 19.8 Å². The Kier molecular flexibility index (Phi) is 3.75. The highest BCUT2D eigenvalue weighted by atomic mass is 16.3. The fraction of sp³-hybridized carbons (Fsp3) is 0.700. The molecule has 2 bridgehead atoms. The van der Waals surface area contributed by atoms with Crippen LogP contribution in [0.25, 0.3) is 0 Å². The summed E-state index contributed by atoms with van der Waals surface area (Å²) in [7, 11) is 0. The molecule has 0 unspecified atom stereocenters. The zero-order chi connectivity index (χ0) is 18.2. The molecule has 0 aromatic rings. The number of hydrogen-bond donors (Lipinski definition) is 2. The smallest absolute Gasteiger partial charge is 0.187 e. The predicted octanol–water partition coefficient (Wildman–Crippen LogP) is 2.30. The normalized spacial score (nSPS) is 44.8. The first-order valence-corrected chi connectivity index (χ1v) is 8.88. The number of carbonyl (C=O) groups excluding carboxylic acids is 2. The molecule has 4 heteroatoms. The van der Waals surface area contributed by atoms with E-state index in [0.717, 1.165) is 11.1 Å². The lowest BCUT2D eigenvalue weighted by atomic mass is 9.45. The highest BCUT2D eigenvalue weighted by molar-refractivity contribution is 6.01. The number of fused-ring (bicyclic) bond motifs is 1. The molecule has 0 aromatic carbocycles. The van der Waals surface area contributed by atoms with E-state index in [9.17, 15) is 19.8 Å². The molecule has 4 aliphatic carbocycles. The first-order chi connectivity index (χ1) is 10.9. The molecule has 0 heterocycles. The summed E-state index contributed by atoms with van der Waals surface area (Å²) in [6, 6.07) is 0. The van der Waals surface area contributed by atoms with Gasteiger partial charge in [-0.1, -0.05) is 44.9 Å². The minimum Gasteiger partial charge on any atom is -0.382 e. The van der Waals surface area contributed by atoms with Crippen LogP contribution in [0.15, 0.2) is 23.3 Å². The molecule has 0 saturated heterocycles. The lowest BCUT2D eigenvalue weighted by Gasteiger charge is -2.59. The Morgan fingerprint density at radius 2 is 1.50 bits per heavy atom. The van der Waals surface area contributed by atoms with Crippen LogP contribution in [0.3, 0.4) is 0 Å². The number of hydrogen-bond acceptors (Lipinski definition) is 4. The summed E-state index contributed by atoms with van der Waals surface area (Å²) in [6.45, 7) is 11.2. The first-order valence-electron chi connectivity index (χ1n) is 8.88. The molecular formula is C20H28O4. The molecule has 24 heavy (non-hydrogen) atoms. The van der Waals surface area contributed by atoms with Crippen LogP contribution in [0.4, 0.5) is 0 Å². The minimum absolute atomic E-state index is 0.114. The van der Waals surface area contributed by atoms with Crippen LogP contribution in [0.2, 0.25) is 0 Å². The fourth-order valence-electron chi connectivity index (χ4n) is 5.12. The number of ketones is 2. The van der Waals surface area contributed by atoms with Crippen molar-refractivity contribution in [2.24, 2.45) is 35.5 Å². The summed E-state index contributed by atoms with van der Waals surface area (Å²) in [5.41, 5.74) is -1.13. The SMILES string of the molecule is CC(C)C1=C[C@@H]2[C@@H]3[C@@H](C(C(C)C)=CC(=O)[C@]3(C)O)[C@H]1C(=O)[C@]2(C)O. The molecule has 0 aliphatic heterocycles. The molecule has 0 aromatic heterocycles. The van der Waals surface area contributed by atoms with E-state index in [1.54, 1.807) is 6.08 Å². The van der Waals surface area contributed by atoms with Gasteiger partial charge in [0.15, 0.2) is 11.6 Å². The Morgan fingerprint density at radius 1 is 0.958 bits per heavy atom. The average Bonchev–Trinajstić information content (AvgIpc) is 2.46. The van der Waals surface area contributed by atoms with Crippen molar-refractivity contribution in [2.45, 2.75) is 52.7 Å². The second-order valence-corrected chi connectivity index (χ2v) is 8.70. The van der Waals surface area contributed by atoms with Gasteiger partial charge in [0.1, 0.15) is 11.2 Å². The maximum absolute atomic E-state index is 13.1. The van der Waals surface area contributed by atoms with Crippen LogP contribution in [-0.2, 0) is 9.59 Å². The van der Waals surface area contributed by atoms with Crippen molar-refractivity contribution in [3.05, 3.63) is 23.3 Å². The maximum atomic E-state index is 13.1. The summed E-state index contributed by atoms with van der Waals surface area (Å²) in [6.07, 6.45) is 3.51. The van der Waals surface area contributed by atoms with Gasteiger partial charge in [0, 0.05) is 23.7 Å². The minimum atomic E-state index is -1.56. The summed E-state index contributed by atoms with van der Waals surface area (Å²) in [4.78, 5) is 25.6. The summed E-state index contributed by atoms with van der Waals surface area (Å²) < 4.78 is 0. The lowest BCUT2D eigenvalue weighted by molar-refractivity contribution is -0.178. The summed E-state index contributed by atoms with van der Waals surface area (Å²) >= 11 is 0. The Hall–Kier alpha value is -1.26. The molecule has 4 nitrogen and oxygen atoms in total. The third-order valence-corrected chi connectivity index (χ3v) is 6.46. The summed E-state index contributed by atoms with van der Waals surface area (Å²) in [5, 5.41) is 21.8. The van der Waals surface area contributed by atoms with Gasteiger partial charge in [0.2, 0.25) is 0 Å². The molecule has 0 spiro atoms. The van der Waals surface area contributed by atoms with Gasteiger partial charge >= 0.3 is 0 Å². The number of aliphatic hydroxyl groups is 2. The van der Waals surface area contributed by atoms with Crippen LogP contribution < -0.4 is 0 Å². The van der Waals surface area contributed by atoms with E-state index in [4.69, 9.17) is 0 Å². The Balaban J connectivity index is 2.28. The summed E-state index contributed by atoms with van der Waals surface area (Å²) in [5.74, 6) is -1.86. The Morgan fingerprint density at radius 3 is 2.00 bits per heavy atom. The largest absolute Gasteiger partial charge is 0.382 e. The zero-order valence-corrected chi connectivity index (χ0v) is 15.3. The molecule has 4 aliphatic rings. The number of carbonyl (C=O) groups is 2. The molecule has 2 N–H and O–H groups in total. The fourth-order valence-corrected chi connectivity index (χ4v) is 5.12. The average molecular weight is 332 g/mol. The standard InChI is InChI=1S/C20H28O4/c1-9(2)11-7-13-17-15(16(11)18(22)19(13,5)23)12(10(3)4)8-14(21)20(17,6)24/h7-10,13,15-17,23-24H,1-6H3/t13-,15+,16+,17-,19-,20+/m1/s1. The van der Waals surface area contributed by atoms with Gasteiger partial charge in [0.05, 0.1) is 0 Å². The first kappa shape index (κ1) is 17.6. The van der Waals surface area contributed by atoms with E-state index in [1.807, 2.05) is 19.9 Å². The van der Waals surface area contributed by atoms with E-state index in [0.29, 0.717) is 0 Å². The van der Waals surface area contributed by atoms with Crippen molar-refractivity contribution in [3.8, 4) is 0 Å². The van der Waals surface area contributed by atoms with E-state index in [2.05, 4.69) is 13.8 Å². The van der Waals surface area contributed by atoms with Crippen LogP contribution in [0, 0.1) is 35.5 Å². The Bertz CT molecular complexity index is 663. The lowest BCUT2D eigenvalue weighted by Crippen LogP contribution is -2.68. The van der Waals surface area contributed by atoms with Crippen LogP contribution in [0.5, 0.6) is 0 Å². The van der Waals surface area contributed by atoms with Crippen LogP contribution >= 0.6 is 0 Å². The molecule has 1 saturated carbocycles. The molecule has 1 fully saturated rings. The highest BCUT2D eigenvalue weighted by Crippen LogP contribution is 2.59. The molecular weight excluding hydrogens is 304 g/mol. The Labute approximate surface area is 143 Å². The monoisotopic (exact) mass is 332 g/mol. The van der Waals surface area contributed by atoms with Gasteiger partial charge < -0.3 is 10.2 Å². The van der Waals surface area contributed by atoms with Crippen molar-refractivity contribution in [1.82, 2.24) is 0 Å². The third kappa shape index (κ3) is 2.05. The zero-order valence-electron chi connectivity index (χ0n) is 15.3. The highest BCUT2D eigenvalue weighted by Gasteiger charge is 2.66. The van der Waals surface area contributed by atoms with Gasteiger partial charge in [-0.3, -0.25) is 9.59 Å². The van der Waals surface area contributed by atoms with E-state index in [-0.39, 0.29) is 29.3 Å². The van der Waals surface area contributed by atoms with E-state index >= 15 is 0 Å². The second kappa shape index (κ2) is 5.12. The quantitative estimate of drug-likeness (QED) is 0.761. The molecule has 6 atom stereocenters. The van der Waals surface area contributed by atoms with Gasteiger partial charge in [-0.05, 0) is 31.8 Å². The topological polar surface area (TPSA) is 74.6 Å². The van der Waals surface area contributed by atoms with Gasteiger partial charge in [0.25, 0.3) is 0 Å². The van der Waals surface area contributed by atoms with Crippen molar-refractivity contribution >= 4 is 11.6 Å². The maximum Gasteiger partial charge on any atom is 0.187 e. The van der Waals surface area contributed by atoms with Crippen LogP contribution in [0.1, 0.15) is 41.5 Å². The number of allylic oxidation sites excluding steroid dienone is 2. The predicted molar refractivity (Wildman–Crippen MR) is 91.1 cm³/mol. The van der Waals surface area contributed by atoms with Crippen molar-refractivity contribution in [2.75, 3.05) is 0 Å². The number of Topliss-reactive ketones (excluding diaryl/α,β-unsaturated/α-hetero) is 1. The van der Waals surface area contributed by atoms with Crippen molar-refractivity contribution in [3.63, 3.8) is 0 Å². The second-order valence-electron chi connectivity index (χ2n) is 8.70. The van der Waals surface area contributed by atoms with Gasteiger partial charge in [-0.2, -0.15) is 0 Å². The molecule has 0 radical (unpaired) electrons. The van der Waals surface area contributed by atoms with Gasteiger partial charge in [-0.25, -0.2) is 0 Å². The molecule has 4 rings (SSSR count). The van der Waals surface area contributed by atoms with Crippen molar-refractivity contribution in [1.29, 1.82) is 0 Å². The third-order valence-electron chi connectivity index (χ3n) is 6.46. The van der Waals surface area contributed by atoms with E-state index in [1.165, 1.54) is 13.8 Å².